The van der Waals surface area contributed by atoms with Crippen molar-refractivity contribution in [2.45, 2.75) is 52.0 Å². The molecule has 0 saturated carbocycles. The first kappa shape index (κ1) is 18.7. The minimum Gasteiger partial charge on any atom is -0.353 e. The molecule has 0 aliphatic heterocycles. The molecule has 1 N–H and O–H groups in total. The number of nitrogens with zero attached hydrogens (tertiary/aromatic N) is 2. The van der Waals surface area contributed by atoms with E-state index in [-0.39, 0.29) is 11.9 Å². The molecule has 1 amide bonds. The van der Waals surface area contributed by atoms with E-state index in [2.05, 4.69) is 30.2 Å². The lowest BCUT2D eigenvalue weighted by Gasteiger charge is -2.27. The number of nitriles is 1. The van der Waals surface area contributed by atoms with Gasteiger partial charge in [-0.3, -0.25) is 9.78 Å². The first-order chi connectivity index (χ1) is 11.9. The fraction of sp³-hybridized carbons (Fsp3) is 0.381. The van der Waals surface area contributed by atoms with E-state index >= 15 is 0 Å². The number of amides is 1. The highest BCUT2D eigenvalue weighted by Crippen LogP contribution is 2.27. The van der Waals surface area contributed by atoms with Crippen LogP contribution in [-0.4, -0.2) is 16.9 Å². The lowest BCUT2D eigenvalue weighted by Crippen LogP contribution is -2.44. The number of pyridine rings is 1. The van der Waals surface area contributed by atoms with Gasteiger partial charge in [-0.05, 0) is 43.9 Å². The van der Waals surface area contributed by atoms with Crippen molar-refractivity contribution in [3.05, 3.63) is 53.9 Å². The molecule has 0 atom stereocenters. The van der Waals surface area contributed by atoms with E-state index in [1.54, 1.807) is 12.4 Å². The summed E-state index contributed by atoms with van der Waals surface area (Å²) in [5.74, 6) is 0.0436. The molecule has 1 heterocycles. The summed E-state index contributed by atoms with van der Waals surface area (Å²) in [6.45, 7) is 8.05. The van der Waals surface area contributed by atoms with E-state index < -0.39 is 5.41 Å². The molecule has 0 fully saturated rings. The summed E-state index contributed by atoms with van der Waals surface area (Å²) >= 11 is 0. The van der Waals surface area contributed by atoms with Crippen LogP contribution in [-0.2, 0) is 10.2 Å². The van der Waals surface area contributed by atoms with E-state index in [0.717, 1.165) is 29.5 Å². The Morgan fingerprint density at radius 1 is 1.16 bits per heavy atom. The number of carbonyl (C=O) groups excluding carboxylic acids is 1. The van der Waals surface area contributed by atoms with Gasteiger partial charge in [-0.2, -0.15) is 5.26 Å². The highest BCUT2D eigenvalue weighted by atomic mass is 16.2. The molecule has 2 rings (SSSR count). The zero-order valence-corrected chi connectivity index (χ0v) is 15.3. The number of rotatable bonds is 6. The summed E-state index contributed by atoms with van der Waals surface area (Å²) in [5.41, 5.74) is 2.76. The molecule has 0 spiro atoms. The molecule has 0 radical (unpaired) electrons. The monoisotopic (exact) mass is 335 g/mol. The van der Waals surface area contributed by atoms with Gasteiger partial charge >= 0.3 is 0 Å². The van der Waals surface area contributed by atoms with Crippen LogP contribution in [0.1, 0.15) is 51.7 Å². The molecule has 0 aliphatic rings. The molecular weight excluding hydrogens is 310 g/mol. The van der Waals surface area contributed by atoms with E-state index in [0.29, 0.717) is 5.56 Å². The second kappa shape index (κ2) is 7.94. The standard InChI is InChI=1S/C21H25N3O/c1-5-19(6-2)24-20(25)21(3,4)18-9-7-16(8-10-18)17-11-15(12-22)13-23-14-17/h7-11,13-14,19H,5-6H2,1-4H3,(H,24,25). The number of nitrogens with one attached hydrogen (secondary N) is 1. The van der Waals surface area contributed by atoms with Crippen LogP contribution in [0.15, 0.2) is 42.7 Å². The summed E-state index contributed by atoms with van der Waals surface area (Å²) in [6, 6.07) is 12.0. The van der Waals surface area contributed by atoms with E-state index in [1.165, 1.54) is 0 Å². The predicted octanol–water partition coefficient (Wildman–Crippen LogP) is 4.20. The predicted molar refractivity (Wildman–Crippen MR) is 99.9 cm³/mol. The van der Waals surface area contributed by atoms with E-state index in [4.69, 9.17) is 5.26 Å². The van der Waals surface area contributed by atoms with Gasteiger partial charge in [0.25, 0.3) is 0 Å². The van der Waals surface area contributed by atoms with Gasteiger partial charge in [0.15, 0.2) is 0 Å². The summed E-state index contributed by atoms with van der Waals surface area (Å²) in [5, 5.41) is 12.1. The second-order valence-corrected chi connectivity index (χ2v) is 6.76. The fourth-order valence-electron chi connectivity index (χ4n) is 2.73. The number of benzene rings is 1. The first-order valence-electron chi connectivity index (χ1n) is 8.69. The maximum absolute atomic E-state index is 12.7. The first-order valence-corrected chi connectivity index (χ1v) is 8.69. The third kappa shape index (κ3) is 4.24. The fourth-order valence-corrected chi connectivity index (χ4v) is 2.73. The van der Waals surface area contributed by atoms with Crippen LogP contribution in [0.5, 0.6) is 0 Å². The van der Waals surface area contributed by atoms with E-state index in [9.17, 15) is 4.79 Å². The van der Waals surface area contributed by atoms with Gasteiger partial charge in [-0.15, -0.1) is 0 Å². The lowest BCUT2D eigenvalue weighted by atomic mass is 9.82. The third-order valence-electron chi connectivity index (χ3n) is 4.70. The Balaban J connectivity index is 2.23. The molecule has 4 nitrogen and oxygen atoms in total. The van der Waals surface area contributed by atoms with Crippen molar-refractivity contribution in [2.24, 2.45) is 0 Å². The SMILES string of the molecule is CCC(CC)NC(=O)C(C)(C)c1ccc(-c2cncc(C#N)c2)cc1. The van der Waals surface area contributed by atoms with Gasteiger partial charge in [-0.25, -0.2) is 0 Å². The van der Waals surface area contributed by atoms with Crippen LogP contribution in [0.2, 0.25) is 0 Å². The molecule has 0 bridgehead atoms. The minimum absolute atomic E-state index is 0.0436. The average Bonchev–Trinajstić information content (AvgIpc) is 2.65. The van der Waals surface area contributed by atoms with Crippen molar-refractivity contribution >= 4 is 5.91 Å². The van der Waals surface area contributed by atoms with Gasteiger partial charge in [0.2, 0.25) is 5.91 Å². The zero-order valence-electron chi connectivity index (χ0n) is 15.3. The van der Waals surface area contributed by atoms with Crippen LogP contribution in [0, 0.1) is 11.3 Å². The van der Waals surface area contributed by atoms with Crippen molar-refractivity contribution in [2.75, 3.05) is 0 Å². The molecule has 0 aliphatic carbocycles. The van der Waals surface area contributed by atoms with Crippen LogP contribution < -0.4 is 5.32 Å². The summed E-state index contributed by atoms with van der Waals surface area (Å²) in [7, 11) is 0. The molecule has 0 saturated heterocycles. The average molecular weight is 335 g/mol. The smallest absolute Gasteiger partial charge is 0.230 e. The van der Waals surface area contributed by atoms with Gasteiger partial charge in [0.05, 0.1) is 11.0 Å². The maximum atomic E-state index is 12.7. The largest absolute Gasteiger partial charge is 0.353 e. The molecule has 25 heavy (non-hydrogen) atoms. The van der Waals surface area contributed by atoms with Gasteiger partial charge < -0.3 is 5.32 Å². The van der Waals surface area contributed by atoms with Gasteiger partial charge in [0, 0.05) is 24.0 Å². The topological polar surface area (TPSA) is 65.8 Å². The number of hydrogen-bond donors (Lipinski definition) is 1. The highest BCUT2D eigenvalue weighted by molar-refractivity contribution is 5.87. The molecule has 4 heteroatoms. The van der Waals surface area contributed by atoms with Crippen molar-refractivity contribution in [1.82, 2.24) is 10.3 Å². The van der Waals surface area contributed by atoms with Crippen molar-refractivity contribution in [3.63, 3.8) is 0 Å². The van der Waals surface area contributed by atoms with Crippen molar-refractivity contribution in [3.8, 4) is 17.2 Å². The van der Waals surface area contributed by atoms with Crippen LogP contribution >= 0.6 is 0 Å². The van der Waals surface area contributed by atoms with Crippen LogP contribution in [0.25, 0.3) is 11.1 Å². The molecule has 130 valence electrons. The van der Waals surface area contributed by atoms with Crippen LogP contribution in [0.3, 0.4) is 0 Å². The summed E-state index contributed by atoms with van der Waals surface area (Å²) < 4.78 is 0. The van der Waals surface area contributed by atoms with E-state index in [1.807, 2.05) is 44.2 Å². The Morgan fingerprint density at radius 2 is 1.80 bits per heavy atom. The lowest BCUT2D eigenvalue weighted by molar-refractivity contribution is -0.126. The minimum atomic E-state index is -0.603. The van der Waals surface area contributed by atoms with Gasteiger partial charge in [0.1, 0.15) is 6.07 Å². The Kier molecular flexibility index (Phi) is 5.93. The molecule has 2 aromatic rings. The Labute approximate surface area is 149 Å². The number of aromatic nitrogens is 1. The highest BCUT2D eigenvalue weighted by Gasteiger charge is 2.30. The van der Waals surface area contributed by atoms with Gasteiger partial charge in [-0.1, -0.05) is 38.1 Å². The Hall–Kier alpha value is -2.67. The molecule has 1 aromatic carbocycles. The quantitative estimate of drug-likeness (QED) is 0.860. The molecular formula is C21H25N3O. The maximum Gasteiger partial charge on any atom is 0.230 e. The van der Waals surface area contributed by atoms with Crippen molar-refractivity contribution < 1.29 is 4.79 Å². The normalized spacial score (nSPS) is 11.2. The molecule has 0 unspecified atom stereocenters. The summed E-state index contributed by atoms with van der Waals surface area (Å²) in [4.78, 5) is 16.8. The molecule has 1 aromatic heterocycles. The number of carbonyl (C=O) groups is 1. The van der Waals surface area contributed by atoms with Crippen LogP contribution in [0.4, 0.5) is 0 Å². The summed E-state index contributed by atoms with van der Waals surface area (Å²) in [6.07, 6.45) is 5.14. The Morgan fingerprint density at radius 3 is 2.36 bits per heavy atom. The third-order valence-corrected chi connectivity index (χ3v) is 4.70. The zero-order chi connectivity index (χ0) is 18.4. The van der Waals surface area contributed by atoms with Crippen molar-refractivity contribution in [1.29, 1.82) is 5.26 Å². The number of hydrogen-bond acceptors (Lipinski definition) is 3. The second-order valence-electron chi connectivity index (χ2n) is 6.76. The Bertz CT molecular complexity index is 768.